The first-order valence-corrected chi connectivity index (χ1v) is 10.9. The molecule has 0 aliphatic carbocycles. The number of aromatic nitrogens is 3. The molecule has 3 aromatic rings. The van der Waals surface area contributed by atoms with E-state index in [2.05, 4.69) is 45.2 Å². The molecule has 0 fully saturated rings. The highest BCUT2D eigenvalue weighted by Crippen LogP contribution is 2.30. The lowest BCUT2D eigenvalue weighted by Gasteiger charge is -2.12. The van der Waals surface area contributed by atoms with Crippen LogP contribution in [0.2, 0.25) is 0 Å². The predicted molar refractivity (Wildman–Crippen MR) is 128 cm³/mol. The molecule has 32 heavy (non-hydrogen) atoms. The van der Waals surface area contributed by atoms with Gasteiger partial charge in [0, 0.05) is 37.3 Å². The number of carbonyl (C=O) groups excluding carboxylic acids is 1. The highest BCUT2D eigenvalue weighted by molar-refractivity contribution is 5.86. The Kier molecular flexibility index (Phi) is 8.27. The third kappa shape index (κ3) is 6.58. The lowest BCUT2D eigenvalue weighted by molar-refractivity contribution is -0.121. The van der Waals surface area contributed by atoms with E-state index in [0.717, 1.165) is 41.2 Å². The molecule has 0 saturated heterocycles. The molecule has 1 amide bonds. The molecule has 0 saturated carbocycles. The monoisotopic (exact) mass is 439 g/mol. The van der Waals surface area contributed by atoms with Crippen molar-refractivity contribution in [1.29, 1.82) is 0 Å². The largest absolute Gasteiger partial charge is 0.495 e. The van der Waals surface area contributed by atoms with Gasteiger partial charge in [-0.25, -0.2) is 4.98 Å². The number of carbonyl (C=O) groups is 1. The van der Waals surface area contributed by atoms with E-state index in [4.69, 9.17) is 4.74 Å². The zero-order valence-corrected chi connectivity index (χ0v) is 19.2. The van der Waals surface area contributed by atoms with E-state index in [9.17, 15) is 4.79 Å². The number of benzene rings is 1. The number of ether oxygens (including phenoxy) is 1. The van der Waals surface area contributed by atoms with Crippen molar-refractivity contribution in [2.24, 2.45) is 5.92 Å². The molecule has 2 heterocycles. The minimum atomic E-state index is -0.0737. The van der Waals surface area contributed by atoms with Gasteiger partial charge in [-0.15, -0.1) is 0 Å². The summed E-state index contributed by atoms with van der Waals surface area (Å²) in [6.07, 6.45) is 1.87. The molecule has 9 heteroatoms. The zero-order valence-electron chi connectivity index (χ0n) is 19.2. The highest BCUT2D eigenvalue weighted by Gasteiger charge is 2.11. The van der Waals surface area contributed by atoms with Crippen LogP contribution in [-0.2, 0) is 17.9 Å². The second kappa shape index (κ2) is 11.3. The van der Waals surface area contributed by atoms with Gasteiger partial charge >= 0.3 is 0 Å². The van der Waals surface area contributed by atoms with Crippen molar-refractivity contribution in [2.75, 3.05) is 44.4 Å². The third-order valence-electron chi connectivity index (χ3n) is 4.83. The van der Waals surface area contributed by atoms with Crippen LogP contribution in [-0.4, -0.2) is 54.5 Å². The fraction of sp³-hybridized carbons (Fsp3) is 0.435. The second-order valence-corrected chi connectivity index (χ2v) is 8.03. The molecule has 9 nitrogen and oxygen atoms in total. The van der Waals surface area contributed by atoms with Crippen LogP contribution >= 0.6 is 0 Å². The van der Waals surface area contributed by atoms with Gasteiger partial charge in [-0.1, -0.05) is 19.9 Å². The van der Waals surface area contributed by atoms with Crippen LogP contribution in [0.5, 0.6) is 5.75 Å². The van der Waals surface area contributed by atoms with E-state index in [1.807, 2.05) is 43.6 Å². The summed E-state index contributed by atoms with van der Waals surface area (Å²) in [6, 6.07) is 9.82. The lowest BCUT2D eigenvalue weighted by atomic mass is 10.2. The average molecular weight is 440 g/mol. The zero-order chi connectivity index (χ0) is 22.9. The Bertz CT molecular complexity index is 1030. The van der Waals surface area contributed by atoms with Gasteiger partial charge in [0.05, 0.1) is 30.6 Å². The van der Waals surface area contributed by atoms with Gasteiger partial charge in [0.2, 0.25) is 5.91 Å². The fourth-order valence-electron chi connectivity index (χ4n) is 3.19. The van der Waals surface area contributed by atoms with Gasteiger partial charge < -0.3 is 26.0 Å². The number of amides is 1. The molecule has 3 rings (SSSR count). The van der Waals surface area contributed by atoms with Crippen molar-refractivity contribution in [2.45, 2.75) is 26.9 Å². The van der Waals surface area contributed by atoms with Crippen molar-refractivity contribution in [3.63, 3.8) is 0 Å². The van der Waals surface area contributed by atoms with Gasteiger partial charge in [0.1, 0.15) is 18.1 Å². The Labute approximate surface area is 188 Å². The van der Waals surface area contributed by atoms with E-state index in [1.54, 1.807) is 11.8 Å². The molecule has 4 N–H and O–H groups in total. The summed E-state index contributed by atoms with van der Waals surface area (Å²) in [6.45, 7) is 7.25. The van der Waals surface area contributed by atoms with Crippen molar-refractivity contribution in [3.05, 3.63) is 42.2 Å². The second-order valence-electron chi connectivity index (χ2n) is 8.03. The quantitative estimate of drug-likeness (QED) is 0.321. The molecule has 0 atom stereocenters. The summed E-state index contributed by atoms with van der Waals surface area (Å²) in [7, 11) is 3.48. The van der Waals surface area contributed by atoms with E-state index in [-0.39, 0.29) is 12.5 Å². The highest BCUT2D eigenvalue weighted by atomic mass is 16.5. The third-order valence-corrected chi connectivity index (χ3v) is 4.83. The topological polar surface area (TPSA) is 105 Å². The van der Waals surface area contributed by atoms with Gasteiger partial charge in [0.25, 0.3) is 0 Å². The number of nitrogens with zero attached hydrogens (tertiary/aromatic N) is 3. The number of pyridine rings is 1. The van der Waals surface area contributed by atoms with Crippen LogP contribution < -0.4 is 26.0 Å². The van der Waals surface area contributed by atoms with E-state index in [1.165, 1.54) is 0 Å². The molecule has 0 aliphatic heterocycles. The first-order valence-electron chi connectivity index (χ1n) is 10.9. The molecule has 0 unspecified atom stereocenters. The predicted octanol–water partition coefficient (Wildman–Crippen LogP) is 2.46. The van der Waals surface area contributed by atoms with Gasteiger partial charge in [0.15, 0.2) is 0 Å². The summed E-state index contributed by atoms with van der Waals surface area (Å²) in [5.41, 5.74) is 2.55. The molecule has 0 aliphatic rings. The number of methoxy groups -OCH3 is 1. The molecule has 2 aromatic heterocycles. The van der Waals surface area contributed by atoms with Crippen LogP contribution in [0.1, 0.15) is 19.5 Å². The van der Waals surface area contributed by atoms with Gasteiger partial charge in [-0.2, -0.15) is 5.10 Å². The number of likely N-dealkylation sites (N-methyl/N-ethyl adjacent to an activating group) is 1. The van der Waals surface area contributed by atoms with E-state index >= 15 is 0 Å². The van der Waals surface area contributed by atoms with Crippen LogP contribution in [0.4, 0.5) is 11.5 Å². The van der Waals surface area contributed by atoms with Crippen molar-refractivity contribution in [1.82, 2.24) is 25.4 Å². The fourth-order valence-corrected chi connectivity index (χ4v) is 3.19. The van der Waals surface area contributed by atoms with Crippen LogP contribution in [0.3, 0.4) is 0 Å². The molecule has 0 spiro atoms. The minimum Gasteiger partial charge on any atom is -0.495 e. The van der Waals surface area contributed by atoms with Gasteiger partial charge in [-0.3, -0.25) is 9.48 Å². The van der Waals surface area contributed by atoms with Crippen LogP contribution in [0.25, 0.3) is 10.9 Å². The maximum Gasteiger partial charge on any atom is 0.241 e. The Hall–Kier alpha value is -3.33. The number of nitrogens with one attached hydrogen (secondary N) is 4. The first-order chi connectivity index (χ1) is 15.5. The van der Waals surface area contributed by atoms with Crippen LogP contribution in [0, 0.1) is 5.92 Å². The van der Waals surface area contributed by atoms with E-state index in [0.29, 0.717) is 24.8 Å². The maximum absolute atomic E-state index is 12.1. The minimum absolute atomic E-state index is 0.0737. The van der Waals surface area contributed by atoms with E-state index < -0.39 is 0 Å². The van der Waals surface area contributed by atoms with Crippen LogP contribution in [0.15, 0.2) is 36.5 Å². The number of rotatable bonds is 12. The van der Waals surface area contributed by atoms with Crippen molar-refractivity contribution >= 4 is 28.3 Å². The SMILES string of the molecule is CNCCNC(=O)Cn1cc2cc(NCc3cccc(NCC(C)C)n3)c(OC)cc2n1. The Balaban J connectivity index is 1.68. The standard InChI is InChI=1S/C23H33N7O2/c1-16(2)12-27-22-7-5-6-18(28-22)13-26-20-10-17-14-30(15-23(31)25-9-8-24-3)29-19(17)11-21(20)32-4/h5-7,10-11,14,16,24,26H,8-9,12-13,15H2,1-4H3,(H,25,31)(H,27,28). The average Bonchev–Trinajstić information content (AvgIpc) is 3.16. The molecular formula is C23H33N7O2. The number of fused-ring (bicyclic) bond motifs is 1. The van der Waals surface area contributed by atoms with Crippen molar-refractivity contribution in [3.8, 4) is 5.75 Å². The Morgan fingerprint density at radius 1 is 1.19 bits per heavy atom. The summed E-state index contributed by atoms with van der Waals surface area (Å²) in [5, 5.41) is 18.1. The summed E-state index contributed by atoms with van der Waals surface area (Å²) < 4.78 is 7.20. The number of hydrogen-bond acceptors (Lipinski definition) is 7. The summed E-state index contributed by atoms with van der Waals surface area (Å²) in [5.74, 6) is 2.04. The normalized spacial score (nSPS) is 11.0. The molecule has 0 radical (unpaired) electrons. The molecule has 172 valence electrons. The lowest BCUT2D eigenvalue weighted by Crippen LogP contribution is -2.33. The van der Waals surface area contributed by atoms with Gasteiger partial charge in [-0.05, 0) is 31.2 Å². The summed E-state index contributed by atoms with van der Waals surface area (Å²) in [4.78, 5) is 16.7. The number of anilines is 2. The summed E-state index contributed by atoms with van der Waals surface area (Å²) >= 11 is 0. The Morgan fingerprint density at radius 3 is 2.78 bits per heavy atom. The molecular weight excluding hydrogens is 406 g/mol. The maximum atomic E-state index is 12.1. The molecule has 1 aromatic carbocycles. The van der Waals surface area contributed by atoms with Crippen molar-refractivity contribution < 1.29 is 9.53 Å². The molecule has 0 bridgehead atoms. The smallest absolute Gasteiger partial charge is 0.241 e. The Morgan fingerprint density at radius 2 is 2.03 bits per heavy atom. The number of hydrogen-bond donors (Lipinski definition) is 4. The first kappa shape index (κ1) is 23.3.